The Kier molecular flexibility index (Phi) is 5.59. The van der Waals surface area contributed by atoms with Gasteiger partial charge in [0.15, 0.2) is 0 Å². The molecule has 10 nitrogen and oxygen atoms in total. The molecule has 30 heavy (non-hydrogen) atoms. The van der Waals surface area contributed by atoms with E-state index in [4.69, 9.17) is 14.2 Å². The molecule has 0 spiro atoms. The van der Waals surface area contributed by atoms with E-state index in [-0.39, 0.29) is 29.8 Å². The summed E-state index contributed by atoms with van der Waals surface area (Å²) in [6.45, 7) is 2.66. The first-order valence-corrected chi connectivity index (χ1v) is 9.39. The molecule has 0 bridgehead atoms. The number of para-hydroxylation sites is 1. The molecule has 0 aliphatic carbocycles. The molecule has 1 saturated heterocycles. The van der Waals surface area contributed by atoms with E-state index in [0.29, 0.717) is 37.8 Å². The van der Waals surface area contributed by atoms with Crippen LogP contribution in [0.5, 0.6) is 11.5 Å². The fraction of sp³-hybridized carbons (Fsp3) is 0.300. The third kappa shape index (κ3) is 3.95. The summed E-state index contributed by atoms with van der Waals surface area (Å²) in [5.41, 5.74) is 0.646. The summed E-state index contributed by atoms with van der Waals surface area (Å²) < 4.78 is 17.0. The van der Waals surface area contributed by atoms with Crippen LogP contribution in [-0.4, -0.2) is 47.7 Å². The van der Waals surface area contributed by atoms with Gasteiger partial charge in [0, 0.05) is 36.9 Å². The number of nitrogens with zero attached hydrogens (tertiary/aromatic N) is 3. The fourth-order valence-corrected chi connectivity index (χ4v) is 3.59. The van der Waals surface area contributed by atoms with Crippen LogP contribution in [0.4, 0.5) is 11.4 Å². The molecule has 1 unspecified atom stereocenters. The lowest BCUT2D eigenvalue weighted by molar-refractivity contribution is -0.385. The number of rotatable bonds is 6. The summed E-state index contributed by atoms with van der Waals surface area (Å²) in [5.74, 6) is 1.28. The van der Waals surface area contributed by atoms with Crippen molar-refractivity contribution in [3.63, 3.8) is 0 Å². The largest absolute Gasteiger partial charge is 0.489 e. The van der Waals surface area contributed by atoms with Gasteiger partial charge >= 0.3 is 5.69 Å². The van der Waals surface area contributed by atoms with Gasteiger partial charge in [0.2, 0.25) is 5.75 Å². The average molecular weight is 413 g/mol. The van der Waals surface area contributed by atoms with E-state index in [0.717, 1.165) is 5.56 Å². The molecule has 2 aliphatic rings. The van der Waals surface area contributed by atoms with Crippen molar-refractivity contribution in [3.8, 4) is 11.5 Å². The maximum Gasteiger partial charge on any atom is 0.311 e. The molecule has 4 rings (SSSR count). The van der Waals surface area contributed by atoms with Crippen molar-refractivity contribution in [3.05, 3.63) is 80.1 Å². The van der Waals surface area contributed by atoms with E-state index in [2.05, 4.69) is 4.90 Å². The van der Waals surface area contributed by atoms with Crippen LogP contribution in [0.1, 0.15) is 11.6 Å². The molecule has 0 N–H and O–H groups in total. The minimum atomic E-state index is -0.477. The Labute approximate surface area is 171 Å². The third-order valence-electron chi connectivity index (χ3n) is 5.00. The Hall–Kier alpha value is -3.50. The molecular weight excluding hydrogens is 394 g/mol. The van der Waals surface area contributed by atoms with Gasteiger partial charge < -0.3 is 14.2 Å². The predicted octanol–water partition coefficient (Wildman–Crippen LogP) is 3.23. The highest BCUT2D eigenvalue weighted by Gasteiger charge is 2.39. The van der Waals surface area contributed by atoms with Gasteiger partial charge in [-0.05, 0) is 18.2 Å². The lowest BCUT2D eigenvalue weighted by Crippen LogP contribution is -2.39. The topological polar surface area (TPSA) is 117 Å². The number of non-ortho nitro benzene ring substituents is 1. The monoisotopic (exact) mass is 413 g/mol. The number of nitro benzene ring substituents is 2. The van der Waals surface area contributed by atoms with Crippen LogP contribution >= 0.6 is 0 Å². The van der Waals surface area contributed by atoms with Gasteiger partial charge in [0.25, 0.3) is 5.69 Å². The van der Waals surface area contributed by atoms with Gasteiger partial charge in [0.1, 0.15) is 18.1 Å². The summed E-state index contributed by atoms with van der Waals surface area (Å²) in [6.07, 6.45) is 1.74. The van der Waals surface area contributed by atoms with Crippen molar-refractivity contribution in [1.29, 1.82) is 0 Å². The molecule has 2 heterocycles. The van der Waals surface area contributed by atoms with Gasteiger partial charge in [-0.1, -0.05) is 12.1 Å². The van der Waals surface area contributed by atoms with E-state index >= 15 is 0 Å². The standard InChI is InChI=1S/C20H19N3O7/c24-22(25)14-4-6-15(7-5-14)29-11-8-18-19(21-9-12-28-13-10-21)16-2-1-3-17(23(26)27)20(16)30-18/h1-8,19H,9-13H2. The lowest BCUT2D eigenvalue weighted by atomic mass is 10.0. The second-order valence-electron chi connectivity index (χ2n) is 6.77. The van der Waals surface area contributed by atoms with Crippen LogP contribution in [-0.2, 0) is 4.74 Å². The van der Waals surface area contributed by atoms with Crippen molar-refractivity contribution in [1.82, 2.24) is 4.90 Å². The SMILES string of the molecule is O=[N+]([O-])c1ccc(OCC=C2Oc3c(cccc3[N+](=O)[O-])C2N2CCOCC2)cc1. The van der Waals surface area contributed by atoms with Gasteiger partial charge in [0.05, 0.1) is 29.1 Å². The third-order valence-corrected chi connectivity index (χ3v) is 5.00. The maximum atomic E-state index is 11.4. The quantitative estimate of drug-likeness (QED) is 0.523. The molecule has 2 aromatic carbocycles. The highest BCUT2D eigenvalue weighted by molar-refractivity contribution is 5.58. The van der Waals surface area contributed by atoms with Gasteiger partial charge in [-0.2, -0.15) is 0 Å². The van der Waals surface area contributed by atoms with Crippen LogP contribution in [0, 0.1) is 20.2 Å². The number of benzene rings is 2. The number of ether oxygens (including phenoxy) is 3. The normalized spacial score (nSPS) is 19.9. The van der Waals surface area contributed by atoms with E-state index in [9.17, 15) is 20.2 Å². The molecule has 1 fully saturated rings. The van der Waals surface area contributed by atoms with Crippen molar-refractivity contribution in [2.75, 3.05) is 32.9 Å². The highest BCUT2D eigenvalue weighted by atomic mass is 16.6. The summed E-state index contributed by atoms with van der Waals surface area (Å²) in [6, 6.07) is 10.4. The summed E-state index contributed by atoms with van der Waals surface area (Å²) in [7, 11) is 0. The van der Waals surface area contributed by atoms with Gasteiger partial charge in [-0.25, -0.2) is 0 Å². The number of fused-ring (bicyclic) bond motifs is 1. The second kappa shape index (κ2) is 8.47. The minimum Gasteiger partial charge on any atom is -0.489 e. The Balaban J connectivity index is 1.56. The molecule has 2 aliphatic heterocycles. The first-order chi connectivity index (χ1) is 14.5. The molecule has 2 aromatic rings. The second-order valence-corrected chi connectivity index (χ2v) is 6.77. The van der Waals surface area contributed by atoms with E-state index in [1.54, 1.807) is 12.1 Å². The fourth-order valence-electron chi connectivity index (χ4n) is 3.59. The summed E-state index contributed by atoms with van der Waals surface area (Å²) >= 11 is 0. The molecule has 0 amide bonds. The van der Waals surface area contributed by atoms with Crippen molar-refractivity contribution in [2.24, 2.45) is 0 Å². The smallest absolute Gasteiger partial charge is 0.311 e. The molecule has 0 saturated carbocycles. The molecule has 10 heteroatoms. The van der Waals surface area contributed by atoms with Gasteiger partial charge in [-0.15, -0.1) is 0 Å². The zero-order valence-corrected chi connectivity index (χ0v) is 15.9. The first-order valence-electron chi connectivity index (χ1n) is 9.39. The Morgan fingerprint density at radius 2 is 1.80 bits per heavy atom. The lowest BCUT2D eigenvalue weighted by Gasteiger charge is -2.32. The van der Waals surface area contributed by atoms with Crippen molar-refractivity contribution < 1.29 is 24.1 Å². The van der Waals surface area contributed by atoms with Crippen LogP contribution in [0.15, 0.2) is 54.3 Å². The highest BCUT2D eigenvalue weighted by Crippen LogP contribution is 2.47. The van der Waals surface area contributed by atoms with Crippen molar-refractivity contribution in [2.45, 2.75) is 6.04 Å². The Bertz CT molecular complexity index is 984. The Morgan fingerprint density at radius 1 is 1.07 bits per heavy atom. The number of morpholine rings is 1. The van der Waals surface area contributed by atoms with Crippen molar-refractivity contribution >= 4 is 11.4 Å². The van der Waals surface area contributed by atoms with E-state index < -0.39 is 9.85 Å². The summed E-state index contributed by atoms with van der Waals surface area (Å²) in [4.78, 5) is 23.4. The molecule has 0 radical (unpaired) electrons. The average Bonchev–Trinajstić information content (AvgIpc) is 3.12. The van der Waals surface area contributed by atoms with E-state index in [1.165, 1.54) is 30.3 Å². The first kappa shape index (κ1) is 19.8. The summed E-state index contributed by atoms with van der Waals surface area (Å²) in [5, 5.41) is 22.2. The number of hydrogen-bond acceptors (Lipinski definition) is 8. The number of nitro groups is 2. The zero-order valence-electron chi connectivity index (χ0n) is 15.9. The molecule has 156 valence electrons. The zero-order chi connectivity index (χ0) is 21.1. The van der Waals surface area contributed by atoms with Gasteiger partial charge in [-0.3, -0.25) is 25.1 Å². The van der Waals surface area contributed by atoms with Crippen LogP contribution < -0.4 is 9.47 Å². The molecule has 1 atom stereocenters. The van der Waals surface area contributed by atoms with E-state index in [1.807, 2.05) is 6.07 Å². The minimum absolute atomic E-state index is 0.0185. The molecule has 0 aromatic heterocycles. The van der Waals surface area contributed by atoms with Crippen LogP contribution in [0.3, 0.4) is 0 Å². The maximum absolute atomic E-state index is 11.4. The predicted molar refractivity (Wildman–Crippen MR) is 106 cm³/mol. The van der Waals surface area contributed by atoms with Crippen LogP contribution in [0.25, 0.3) is 0 Å². The molecular formula is C20H19N3O7. The number of hydrogen-bond donors (Lipinski definition) is 0. The Morgan fingerprint density at radius 3 is 2.47 bits per heavy atom. The van der Waals surface area contributed by atoms with Crippen LogP contribution in [0.2, 0.25) is 0 Å².